The zero-order chi connectivity index (χ0) is 16.4. The highest BCUT2D eigenvalue weighted by atomic mass is 19.1. The fraction of sp³-hybridized carbons (Fsp3) is 0. The molecule has 0 amide bonds. The van der Waals surface area contributed by atoms with Crippen LogP contribution in [0.5, 0.6) is 0 Å². The van der Waals surface area contributed by atoms with E-state index in [1.54, 1.807) is 24.5 Å². The number of fused-ring (bicyclic) bond motifs is 1. The van der Waals surface area contributed by atoms with Gasteiger partial charge in [-0.15, -0.1) is 0 Å². The predicted octanol–water partition coefficient (Wildman–Crippen LogP) is 4.57. The van der Waals surface area contributed by atoms with E-state index in [1.165, 1.54) is 12.1 Å². The highest BCUT2D eigenvalue weighted by Crippen LogP contribution is 2.27. The van der Waals surface area contributed by atoms with Crippen LogP contribution < -0.4 is 5.32 Å². The van der Waals surface area contributed by atoms with Gasteiger partial charge in [0.2, 0.25) is 0 Å². The van der Waals surface area contributed by atoms with E-state index in [2.05, 4.69) is 20.5 Å². The van der Waals surface area contributed by atoms with Crippen LogP contribution in [-0.2, 0) is 0 Å². The molecule has 4 nitrogen and oxygen atoms in total. The van der Waals surface area contributed by atoms with Crippen LogP contribution in [0.4, 0.5) is 15.8 Å². The van der Waals surface area contributed by atoms with Gasteiger partial charge in [-0.25, -0.2) is 4.39 Å². The van der Waals surface area contributed by atoms with Crippen LogP contribution in [0.25, 0.3) is 22.0 Å². The Hall–Kier alpha value is -3.34. The standard InChI is InChI=1S/C19H13FN4/c20-15-6-4-13(5-7-15)19-10-16(12-22-24-19)23-18-3-1-2-14-11-21-9-8-17(14)18/h1-12H,(H,23,24). The molecule has 0 atom stereocenters. The first-order chi connectivity index (χ1) is 11.8. The Bertz CT molecular complexity index is 994. The topological polar surface area (TPSA) is 50.7 Å². The Morgan fingerprint density at radius 2 is 1.79 bits per heavy atom. The normalized spacial score (nSPS) is 10.7. The van der Waals surface area contributed by atoms with E-state index in [-0.39, 0.29) is 5.82 Å². The fourth-order valence-electron chi connectivity index (χ4n) is 2.58. The van der Waals surface area contributed by atoms with Crippen LogP contribution in [0, 0.1) is 5.82 Å². The summed E-state index contributed by atoms with van der Waals surface area (Å²) in [6.45, 7) is 0. The van der Waals surface area contributed by atoms with Gasteiger partial charge < -0.3 is 5.32 Å². The van der Waals surface area contributed by atoms with Crippen molar-refractivity contribution in [2.45, 2.75) is 0 Å². The molecule has 0 spiro atoms. The number of hydrogen-bond acceptors (Lipinski definition) is 4. The summed E-state index contributed by atoms with van der Waals surface area (Å²) in [5.41, 5.74) is 3.28. The van der Waals surface area contributed by atoms with Crippen molar-refractivity contribution in [1.29, 1.82) is 0 Å². The Morgan fingerprint density at radius 3 is 2.67 bits per heavy atom. The van der Waals surface area contributed by atoms with E-state index in [9.17, 15) is 4.39 Å². The van der Waals surface area contributed by atoms with E-state index in [0.717, 1.165) is 27.7 Å². The maximum Gasteiger partial charge on any atom is 0.123 e. The first kappa shape index (κ1) is 14.3. The second-order valence-electron chi connectivity index (χ2n) is 5.36. The van der Waals surface area contributed by atoms with Crippen molar-refractivity contribution in [3.8, 4) is 11.3 Å². The number of pyridine rings is 1. The first-order valence-corrected chi connectivity index (χ1v) is 7.48. The summed E-state index contributed by atoms with van der Waals surface area (Å²) in [5, 5.41) is 13.7. The molecule has 2 heterocycles. The molecule has 2 aromatic carbocycles. The van der Waals surface area contributed by atoms with Crippen LogP contribution in [-0.4, -0.2) is 15.2 Å². The number of nitrogens with one attached hydrogen (secondary N) is 1. The van der Waals surface area contributed by atoms with Gasteiger partial charge in [-0.1, -0.05) is 12.1 Å². The van der Waals surface area contributed by atoms with Gasteiger partial charge in [0.15, 0.2) is 0 Å². The van der Waals surface area contributed by atoms with Crippen molar-refractivity contribution in [2.24, 2.45) is 0 Å². The summed E-state index contributed by atoms with van der Waals surface area (Å²) in [6.07, 6.45) is 5.25. The van der Waals surface area contributed by atoms with Gasteiger partial charge in [0.1, 0.15) is 5.82 Å². The van der Waals surface area contributed by atoms with E-state index in [1.807, 2.05) is 36.5 Å². The van der Waals surface area contributed by atoms with Gasteiger partial charge in [-0.2, -0.15) is 10.2 Å². The summed E-state index contributed by atoms with van der Waals surface area (Å²) < 4.78 is 13.1. The van der Waals surface area contributed by atoms with Crippen molar-refractivity contribution in [3.63, 3.8) is 0 Å². The lowest BCUT2D eigenvalue weighted by Crippen LogP contribution is -1.95. The quantitative estimate of drug-likeness (QED) is 0.601. The number of aromatic nitrogens is 3. The van der Waals surface area contributed by atoms with Crippen molar-refractivity contribution < 1.29 is 4.39 Å². The van der Waals surface area contributed by atoms with E-state index >= 15 is 0 Å². The van der Waals surface area contributed by atoms with Gasteiger partial charge in [0, 0.05) is 34.4 Å². The molecule has 4 rings (SSSR count). The molecule has 0 aliphatic carbocycles. The number of hydrogen-bond donors (Lipinski definition) is 1. The molecule has 0 bridgehead atoms. The lowest BCUT2D eigenvalue weighted by atomic mass is 10.1. The van der Waals surface area contributed by atoms with Gasteiger partial charge in [-0.05, 0) is 42.5 Å². The Morgan fingerprint density at radius 1 is 0.917 bits per heavy atom. The Kier molecular flexibility index (Phi) is 3.59. The number of anilines is 2. The zero-order valence-corrected chi connectivity index (χ0v) is 12.6. The van der Waals surface area contributed by atoms with Crippen LogP contribution in [0.15, 0.2) is 73.2 Å². The van der Waals surface area contributed by atoms with Crippen LogP contribution in [0.1, 0.15) is 0 Å². The lowest BCUT2D eigenvalue weighted by molar-refractivity contribution is 0.628. The number of nitrogens with zero attached hydrogens (tertiary/aromatic N) is 3. The van der Waals surface area contributed by atoms with Crippen molar-refractivity contribution in [2.75, 3.05) is 5.32 Å². The summed E-state index contributed by atoms with van der Waals surface area (Å²) in [7, 11) is 0. The van der Waals surface area contributed by atoms with Crippen LogP contribution >= 0.6 is 0 Å². The molecule has 2 aromatic heterocycles. The van der Waals surface area contributed by atoms with Crippen molar-refractivity contribution >= 4 is 22.1 Å². The molecule has 0 fully saturated rings. The Labute approximate surface area is 138 Å². The second-order valence-corrected chi connectivity index (χ2v) is 5.36. The van der Waals surface area contributed by atoms with Crippen LogP contribution in [0.3, 0.4) is 0 Å². The molecule has 116 valence electrons. The van der Waals surface area contributed by atoms with Gasteiger partial charge >= 0.3 is 0 Å². The number of halogens is 1. The number of rotatable bonds is 3. The maximum absolute atomic E-state index is 13.1. The molecule has 0 saturated heterocycles. The molecule has 0 aliphatic heterocycles. The first-order valence-electron chi connectivity index (χ1n) is 7.48. The molecule has 4 aromatic rings. The summed E-state index contributed by atoms with van der Waals surface area (Å²) in [6, 6.07) is 16.0. The van der Waals surface area contributed by atoms with Crippen molar-refractivity contribution in [1.82, 2.24) is 15.2 Å². The monoisotopic (exact) mass is 316 g/mol. The summed E-state index contributed by atoms with van der Waals surface area (Å²) >= 11 is 0. The largest absolute Gasteiger partial charge is 0.354 e. The molecule has 0 unspecified atom stereocenters. The third-order valence-corrected chi connectivity index (χ3v) is 3.75. The smallest absolute Gasteiger partial charge is 0.123 e. The minimum Gasteiger partial charge on any atom is -0.354 e. The molecule has 24 heavy (non-hydrogen) atoms. The predicted molar refractivity (Wildman–Crippen MR) is 92.5 cm³/mol. The second kappa shape index (κ2) is 6.04. The molecule has 5 heteroatoms. The highest BCUT2D eigenvalue weighted by Gasteiger charge is 2.05. The van der Waals surface area contributed by atoms with Gasteiger partial charge in [-0.3, -0.25) is 4.98 Å². The van der Waals surface area contributed by atoms with Crippen LogP contribution in [0.2, 0.25) is 0 Å². The molecule has 0 aliphatic rings. The van der Waals surface area contributed by atoms with Gasteiger partial charge in [0.25, 0.3) is 0 Å². The van der Waals surface area contributed by atoms with Gasteiger partial charge in [0.05, 0.1) is 17.6 Å². The third kappa shape index (κ3) is 2.79. The SMILES string of the molecule is Fc1ccc(-c2cc(Nc3cccc4cnccc34)cnn2)cc1. The summed E-state index contributed by atoms with van der Waals surface area (Å²) in [5.74, 6) is -0.273. The average molecular weight is 316 g/mol. The highest BCUT2D eigenvalue weighted by molar-refractivity contribution is 5.94. The van der Waals surface area contributed by atoms with E-state index in [4.69, 9.17) is 0 Å². The number of benzene rings is 2. The Balaban J connectivity index is 1.70. The van der Waals surface area contributed by atoms with Crippen molar-refractivity contribution in [3.05, 3.63) is 79.0 Å². The molecule has 0 radical (unpaired) electrons. The average Bonchev–Trinajstić information content (AvgIpc) is 2.63. The molecular weight excluding hydrogens is 303 g/mol. The third-order valence-electron chi connectivity index (χ3n) is 3.75. The van der Waals surface area contributed by atoms with E-state index in [0.29, 0.717) is 5.69 Å². The van der Waals surface area contributed by atoms with E-state index < -0.39 is 0 Å². The molecular formula is C19H13FN4. The molecule has 1 N–H and O–H groups in total. The maximum atomic E-state index is 13.1. The fourth-order valence-corrected chi connectivity index (χ4v) is 2.58. The summed E-state index contributed by atoms with van der Waals surface area (Å²) in [4.78, 5) is 4.14. The zero-order valence-electron chi connectivity index (χ0n) is 12.6. The minimum atomic E-state index is -0.273. The minimum absolute atomic E-state index is 0.273. The molecule has 0 saturated carbocycles. The lowest BCUT2D eigenvalue weighted by Gasteiger charge is -2.10.